The summed E-state index contributed by atoms with van der Waals surface area (Å²) in [5, 5.41) is 9.62. The van der Waals surface area contributed by atoms with Gasteiger partial charge in [0.2, 0.25) is 0 Å². The van der Waals surface area contributed by atoms with E-state index >= 15 is 0 Å². The van der Waals surface area contributed by atoms with Crippen LogP contribution in [0.15, 0.2) is 38.0 Å². The summed E-state index contributed by atoms with van der Waals surface area (Å²) in [6, 6.07) is 0. The number of quaternary nitrogens is 1. The number of hydrogen-bond acceptors (Lipinski definition) is 1. The Labute approximate surface area is 110 Å². The Morgan fingerprint density at radius 3 is 1.69 bits per heavy atom. The summed E-state index contributed by atoms with van der Waals surface area (Å²) in [6.07, 6.45) is 5.07. The predicted molar refractivity (Wildman–Crippen MR) is 67.0 cm³/mol. The van der Waals surface area contributed by atoms with Crippen LogP contribution >= 0.6 is 11.6 Å². The molecule has 0 heterocycles. The zero-order valence-electron chi connectivity index (χ0n) is 9.62. The van der Waals surface area contributed by atoms with Crippen LogP contribution in [0.25, 0.3) is 0 Å². The summed E-state index contributed by atoms with van der Waals surface area (Å²) in [5.74, 6) is 0.255. The molecule has 0 saturated heterocycles. The van der Waals surface area contributed by atoms with Crippen molar-refractivity contribution < 1.29 is 22.0 Å². The quantitative estimate of drug-likeness (QED) is 0.321. The number of halogens is 2. The topological polar surface area (TPSA) is 20.2 Å². The average molecular weight is 266 g/mol. The number of rotatable bonds is 9. The van der Waals surface area contributed by atoms with Gasteiger partial charge in [-0.1, -0.05) is 19.7 Å². The number of aliphatic hydroxyl groups is 1. The van der Waals surface area contributed by atoms with Crippen molar-refractivity contribution in [1.82, 2.24) is 0 Å². The van der Waals surface area contributed by atoms with Crippen molar-refractivity contribution in [2.75, 3.05) is 32.1 Å². The predicted octanol–water partition coefficient (Wildman–Crippen LogP) is -1.04. The maximum atomic E-state index is 9.62. The van der Waals surface area contributed by atoms with E-state index < -0.39 is 6.10 Å². The zero-order chi connectivity index (χ0) is 11.7. The molecule has 0 aromatic heterocycles. The largest absolute Gasteiger partial charge is 1.00 e. The lowest BCUT2D eigenvalue weighted by Crippen LogP contribution is -3.00. The van der Waals surface area contributed by atoms with Crippen LogP contribution in [0.3, 0.4) is 0 Å². The smallest absolute Gasteiger partial charge is 0.116 e. The van der Waals surface area contributed by atoms with Crippen LogP contribution < -0.4 is 12.4 Å². The van der Waals surface area contributed by atoms with Crippen LogP contribution in [-0.2, 0) is 0 Å². The Hall–Kier alpha value is -0.280. The fourth-order valence-electron chi connectivity index (χ4n) is 1.76. The van der Waals surface area contributed by atoms with Crippen molar-refractivity contribution in [3.63, 3.8) is 0 Å². The highest BCUT2D eigenvalue weighted by molar-refractivity contribution is 6.18. The molecule has 0 aromatic rings. The van der Waals surface area contributed by atoms with Crippen molar-refractivity contribution >= 4 is 11.6 Å². The second kappa shape index (κ2) is 9.91. The SMILES string of the molecule is C=CC[N+](CC=C)(CC=C)CC(O)CCl.[Cl-]. The second-order valence-corrected chi connectivity index (χ2v) is 4.05. The van der Waals surface area contributed by atoms with E-state index in [0.29, 0.717) is 11.0 Å². The molecule has 0 radical (unpaired) electrons. The molecule has 0 amide bonds. The van der Waals surface area contributed by atoms with Crippen LogP contribution in [-0.4, -0.2) is 47.8 Å². The second-order valence-electron chi connectivity index (χ2n) is 3.75. The van der Waals surface area contributed by atoms with Crippen LogP contribution in [0.2, 0.25) is 0 Å². The lowest BCUT2D eigenvalue weighted by molar-refractivity contribution is -0.914. The van der Waals surface area contributed by atoms with Crippen LogP contribution in [0.1, 0.15) is 0 Å². The highest BCUT2D eigenvalue weighted by atomic mass is 35.5. The molecule has 0 spiro atoms. The summed E-state index contributed by atoms with van der Waals surface area (Å²) in [4.78, 5) is 0. The summed E-state index contributed by atoms with van der Waals surface area (Å²) in [5.41, 5.74) is 0. The first-order valence-corrected chi connectivity index (χ1v) is 5.59. The van der Waals surface area contributed by atoms with Gasteiger partial charge in [0.25, 0.3) is 0 Å². The van der Waals surface area contributed by atoms with Crippen molar-refractivity contribution in [1.29, 1.82) is 0 Å². The van der Waals surface area contributed by atoms with E-state index in [1.807, 2.05) is 18.2 Å². The molecule has 16 heavy (non-hydrogen) atoms. The summed E-state index contributed by atoms with van der Waals surface area (Å²) >= 11 is 5.62. The maximum Gasteiger partial charge on any atom is 0.116 e. The Balaban J connectivity index is 0. The summed E-state index contributed by atoms with van der Waals surface area (Å²) in [7, 11) is 0. The molecular weight excluding hydrogens is 245 g/mol. The van der Waals surface area contributed by atoms with E-state index in [1.165, 1.54) is 0 Å². The van der Waals surface area contributed by atoms with E-state index in [9.17, 15) is 5.11 Å². The molecule has 0 aliphatic heterocycles. The molecule has 0 fully saturated rings. The van der Waals surface area contributed by atoms with Gasteiger partial charge in [-0.15, -0.1) is 11.6 Å². The number of nitrogens with zero attached hydrogens (tertiary/aromatic N) is 1. The Bertz CT molecular complexity index is 193. The van der Waals surface area contributed by atoms with Gasteiger partial charge in [0.05, 0.1) is 25.5 Å². The van der Waals surface area contributed by atoms with Crippen LogP contribution in [0.4, 0.5) is 0 Å². The summed E-state index contributed by atoms with van der Waals surface area (Å²) < 4.78 is 0.685. The standard InChI is InChI=1S/C12H21ClNO.ClH/c1-4-7-14(8-5-2,9-6-3)11-12(15)10-13;/h4-6,12,15H,1-3,7-11H2;1H/q+1;/p-1. The van der Waals surface area contributed by atoms with Gasteiger partial charge in [-0.05, 0) is 18.2 Å². The van der Waals surface area contributed by atoms with Crippen molar-refractivity contribution in [3.8, 4) is 0 Å². The molecule has 0 aliphatic rings. The minimum atomic E-state index is -0.494. The minimum absolute atomic E-state index is 0. The zero-order valence-corrected chi connectivity index (χ0v) is 11.1. The maximum absolute atomic E-state index is 9.62. The van der Waals surface area contributed by atoms with Gasteiger partial charge >= 0.3 is 0 Å². The highest BCUT2D eigenvalue weighted by Gasteiger charge is 2.26. The van der Waals surface area contributed by atoms with Gasteiger partial charge in [-0.2, -0.15) is 0 Å². The Morgan fingerprint density at radius 2 is 1.44 bits per heavy atom. The molecule has 0 rings (SSSR count). The molecule has 4 heteroatoms. The number of hydrogen-bond donors (Lipinski definition) is 1. The van der Waals surface area contributed by atoms with Gasteiger partial charge < -0.3 is 22.0 Å². The third kappa shape index (κ3) is 6.33. The first-order chi connectivity index (χ1) is 7.14. The normalized spacial score (nSPS) is 12.4. The van der Waals surface area contributed by atoms with Gasteiger partial charge in [0, 0.05) is 0 Å². The van der Waals surface area contributed by atoms with Crippen LogP contribution in [0, 0.1) is 0 Å². The third-order valence-electron chi connectivity index (χ3n) is 2.33. The molecule has 0 saturated carbocycles. The molecule has 1 N–H and O–H groups in total. The van der Waals surface area contributed by atoms with Crippen LogP contribution in [0.5, 0.6) is 0 Å². The van der Waals surface area contributed by atoms with Crippen molar-refractivity contribution in [2.45, 2.75) is 6.10 Å². The van der Waals surface area contributed by atoms with E-state index in [-0.39, 0.29) is 18.3 Å². The van der Waals surface area contributed by atoms with Gasteiger partial charge in [-0.25, -0.2) is 0 Å². The van der Waals surface area contributed by atoms with Gasteiger partial charge in [0.15, 0.2) is 0 Å². The molecule has 0 aromatic carbocycles. The Morgan fingerprint density at radius 1 is 1.06 bits per heavy atom. The molecule has 94 valence electrons. The van der Waals surface area contributed by atoms with E-state index in [0.717, 1.165) is 19.6 Å². The number of aliphatic hydroxyl groups excluding tert-OH is 1. The lowest BCUT2D eigenvalue weighted by Gasteiger charge is -2.37. The summed E-state index contributed by atoms with van der Waals surface area (Å²) in [6.45, 7) is 14.2. The monoisotopic (exact) mass is 265 g/mol. The number of alkyl halides is 1. The van der Waals surface area contributed by atoms with E-state index in [2.05, 4.69) is 19.7 Å². The van der Waals surface area contributed by atoms with E-state index in [4.69, 9.17) is 11.6 Å². The molecular formula is C12H21Cl2NO. The van der Waals surface area contributed by atoms with Crippen molar-refractivity contribution in [2.24, 2.45) is 0 Å². The third-order valence-corrected chi connectivity index (χ3v) is 2.68. The molecule has 1 atom stereocenters. The first-order valence-electron chi connectivity index (χ1n) is 5.06. The van der Waals surface area contributed by atoms with Crippen molar-refractivity contribution in [3.05, 3.63) is 38.0 Å². The lowest BCUT2D eigenvalue weighted by atomic mass is 10.2. The van der Waals surface area contributed by atoms with Gasteiger partial charge in [-0.3, -0.25) is 0 Å². The highest BCUT2D eigenvalue weighted by Crippen LogP contribution is 2.10. The molecule has 1 unspecified atom stereocenters. The fraction of sp³-hybridized carbons (Fsp3) is 0.500. The minimum Gasteiger partial charge on any atom is -1.00 e. The van der Waals surface area contributed by atoms with Gasteiger partial charge in [0.1, 0.15) is 12.6 Å². The molecule has 0 aliphatic carbocycles. The average Bonchev–Trinajstić information content (AvgIpc) is 2.18. The molecule has 2 nitrogen and oxygen atoms in total. The fourth-order valence-corrected chi connectivity index (χ4v) is 1.86. The Kier molecular flexibility index (Phi) is 11.2. The first kappa shape index (κ1) is 18.1. The van der Waals surface area contributed by atoms with E-state index in [1.54, 1.807) is 0 Å². The molecule has 0 bridgehead atoms.